The van der Waals surface area contributed by atoms with Crippen molar-refractivity contribution in [2.45, 2.75) is 59.5 Å². The maximum Gasteiger partial charge on any atom is 0.0597 e. The van der Waals surface area contributed by atoms with Crippen LogP contribution in [0.25, 0.3) is 0 Å². The summed E-state index contributed by atoms with van der Waals surface area (Å²) < 4.78 is 2.10. The Balaban J connectivity index is 1.85. The van der Waals surface area contributed by atoms with Gasteiger partial charge in [0.25, 0.3) is 0 Å². The number of hydrogen-bond acceptors (Lipinski definition) is 2. The van der Waals surface area contributed by atoms with Crippen molar-refractivity contribution in [3.63, 3.8) is 0 Å². The van der Waals surface area contributed by atoms with Gasteiger partial charge in [-0.2, -0.15) is 5.10 Å². The summed E-state index contributed by atoms with van der Waals surface area (Å²) in [6.45, 7) is 9.67. The van der Waals surface area contributed by atoms with E-state index in [0.29, 0.717) is 5.41 Å². The molecule has 1 saturated carbocycles. The Hall–Kier alpha value is -0.830. The third kappa shape index (κ3) is 3.09. The van der Waals surface area contributed by atoms with Gasteiger partial charge in [0.2, 0.25) is 0 Å². The van der Waals surface area contributed by atoms with Crippen LogP contribution in [0, 0.1) is 12.3 Å². The van der Waals surface area contributed by atoms with Gasteiger partial charge in [-0.25, -0.2) is 0 Å². The third-order valence-corrected chi connectivity index (χ3v) is 3.95. The van der Waals surface area contributed by atoms with Crippen molar-refractivity contribution in [1.29, 1.82) is 0 Å². The second-order valence-corrected chi connectivity index (χ2v) is 5.71. The van der Waals surface area contributed by atoms with Gasteiger partial charge in [-0.3, -0.25) is 4.68 Å². The molecular formula is C14H25N3. The highest BCUT2D eigenvalue weighted by molar-refractivity contribution is 5.08. The molecule has 0 saturated heterocycles. The van der Waals surface area contributed by atoms with E-state index in [9.17, 15) is 0 Å². The second kappa shape index (κ2) is 5.21. The van der Waals surface area contributed by atoms with Crippen LogP contribution in [-0.2, 0) is 13.1 Å². The standard InChI is InChI=1S/C14H25N3/c1-4-17-13(9-12(2)16-17)10-15-11-14(3)7-5-6-8-14/h9,15H,4-8,10-11H2,1-3H3. The van der Waals surface area contributed by atoms with Gasteiger partial charge >= 0.3 is 0 Å². The fourth-order valence-electron chi connectivity index (χ4n) is 2.91. The Morgan fingerprint density at radius 3 is 2.76 bits per heavy atom. The van der Waals surface area contributed by atoms with Gasteiger partial charge < -0.3 is 5.32 Å². The average molecular weight is 235 g/mol. The normalized spacial score (nSPS) is 18.8. The number of rotatable bonds is 5. The lowest BCUT2D eigenvalue weighted by atomic mass is 9.89. The van der Waals surface area contributed by atoms with E-state index >= 15 is 0 Å². The highest BCUT2D eigenvalue weighted by Crippen LogP contribution is 2.36. The molecule has 0 amide bonds. The van der Waals surface area contributed by atoms with Crippen LogP contribution in [0.1, 0.15) is 50.9 Å². The Bertz CT molecular complexity index is 362. The largest absolute Gasteiger partial charge is 0.311 e. The van der Waals surface area contributed by atoms with Crippen LogP contribution in [0.3, 0.4) is 0 Å². The third-order valence-electron chi connectivity index (χ3n) is 3.95. The van der Waals surface area contributed by atoms with Crippen molar-refractivity contribution < 1.29 is 0 Å². The van der Waals surface area contributed by atoms with Crippen molar-refractivity contribution in [2.24, 2.45) is 5.41 Å². The fraction of sp³-hybridized carbons (Fsp3) is 0.786. The minimum absolute atomic E-state index is 0.534. The molecular weight excluding hydrogens is 210 g/mol. The van der Waals surface area contributed by atoms with Gasteiger partial charge in [0.15, 0.2) is 0 Å². The Morgan fingerprint density at radius 2 is 2.12 bits per heavy atom. The van der Waals surface area contributed by atoms with E-state index in [1.165, 1.54) is 31.4 Å². The van der Waals surface area contributed by atoms with Crippen molar-refractivity contribution in [2.75, 3.05) is 6.54 Å². The zero-order chi connectivity index (χ0) is 12.3. The van der Waals surface area contributed by atoms with Crippen LogP contribution in [0.15, 0.2) is 6.07 Å². The lowest BCUT2D eigenvalue weighted by Crippen LogP contribution is -2.29. The molecule has 3 nitrogen and oxygen atoms in total. The second-order valence-electron chi connectivity index (χ2n) is 5.71. The molecule has 0 bridgehead atoms. The Labute approximate surface area is 105 Å². The molecule has 0 spiro atoms. The predicted molar refractivity (Wildman–Crippen MR) is 70.9 cm³/mol. The number of aryl methyl sites for hydroxylation is 2. The molecule has 1 fully saturated rings. The molecule has 1 aromatic heterocycles. The van der Waals surface area contributed by atoms with Crippen LogP contribution in [0.2, 0.25) is 0 Å². The number of hydrogen-bond donors (Lipinski definition) is 1. The van der Waals surface area contributed by atoms with E-state index < -0.39 is 0 Å². The monoisotopic (exact) mass is 235 g/mol. The fourth-order valence-corrected chi connectivity index (χ4v) is 2.91. The predicted octanol–water partition coefficient (Wildman–Crippen LogP) is 2.88. The van der Waals surface area contributed by atoms with Gasteiger partial charge in [0.05, 0.1) is 11.4 Å². The van der Waals surface area contributed by atoms with E-state index in [4.69, 9.17) is 0 Å². The quantitative estimate of drug-likeness (QED) is 0.850. The number of nitrogens with zero attached hydrogens (tertiary/aromatic N) is 2. The first-order valence-corrected chi connectivity index (χ1v) is 6.87. The average Bonchev–Trinajstić information content (AvgIpc) is 2.86. The highest BCUT2D eigenvalue weighted by atomic mass is 15.3. The Morgan fingerprint density at radius 1 is 1.41 bits per heavy atom. The Kier molecular flexibility index (Phi) is 3.87. The first-order chi connectivity index (χ1) is 8.13. The van der Waals surface area contributed by atoms with E-state index in [1.807, 2.05) is 0 Å². The van der Waals surface area contributed by atoms with Gasteiger partial charge in [0, 0.05) is 19.6 Å². The summed E-state index contributed by atoms with van der Waals surface area (Å²) in [6.07, 6.45) is 5.58. The molecule has 1 aliphatic rings. The van der Waals surface area contributed by atoms with Crippen LogP contribution in [0.5, 0.6) is 0 Å². The van der Waals surface area contributed by atoms with Gasteiger partial charge in [-0.05, 0) is 38.2 Å². The molecule has 1 N–H and O–H groups in total. The molecule has 96 valence electrons. The first kappa shape index (κ1) is 12.6. The number of aromatic nitrogens is 2. The lowest BCUT2D eigenvalue weighted by molar-refractivity contribution is 0.313. The van der Waals surface area contributed by atoms with E-state index in [1.54, 1.807) is 0 Å². The molecule has 17 heavy (non-hydrogen) atoms. The van der Waals surface area contributed by atoms with Crippen molar-refractivity contribution in [3.8, 4) is 0 Å². The van der Waals surface area contributed by atoms with E-state index in [0.717, 1.165) is 25.3 Å². The summed E-state index contributed by atoms with van der Waals surface area (Å²) in [6, 6.07) is 2.19. The molecule has 1 heterocycles. The topological polar surface area (TPSA) is 29.9 Å². The summed E-state index contributed by atoms with van der Waals surface area (Å²) in [5, 5.41) is 8.08. The highest BCUT2D eigenvalue weighted by Gasteiger charge is 2.27. The van der Waals surface area contributed by atoms with Crippen LogP contribution in [-0.4, -0.2) is 16.3 Å². The van der Waals surface area contributed by atoms with Crippen LogP contribution < -0.4 is 5.32 Å². The summed E-state index contributed by atoms with van der Waals surface area (Å²) in [5.74, 6) is 0. The van der Waals surface area contributed by atoms with E-state index in [2.05, 4.69) is 41.9 Å². The van der Waals surface area contributed by atoms with Gasteiger partial charge in [0.1, 0.15) is 0 Å². The minimum atomic E-state index is 0.534. The minimum Gasteiger partial charge on any atom is -0.311 e. The van der Waals surface area contributed by atoms with Crippen LogP contribution in [0.4, 0.5) is 0 Å². The molecule has 1 aliphatic carbocycles. The molecule has 0 radical (unpaired) electrons. The van der Waals surface area contributed by atoms with Crippen LogP contribution >= 0.6 is 0 Å². The van der Waals surface area contributed by atoms with E-state index in [-0.39, 0.29) is 0 Å². The summed E-state index contributed by atoms with van der Waals surface area (Å²) >= 11 is 0. The number of nitrogens with one attached hydrogen (secondary N) is 1. The smallest absolute Gasteiger partial charge is 0.0597 e. The maximum atomic E-state index is 4.47. The zero-order valence-electron chi connectivity index (χ0n) is 11.4. The molecule has 3 heteroatoms. The molecule has 0 unspecified atom stereocenters. The SMILES string of the molecule is CCn1nc(C)cc1CNCC1(C)CCCC1. The van der Waals surface area contributed by atoms with Crippen molar-refractivity contribution in [1.82, 2.24) is 15.1 Å². The molecule has 1 aromatic rings. The lowest BCUT2D eigenvalue weighted by Gasteiger charge is -2.23. The molecule has 0 atom stereocenters. The zero-order valence-corrected chi connectivity index (χ0v) is 11.4. The van der Waals surface area contributed by atoms with Crippen molar-refractivity contribution in [3.05, 3.63) is 17.5 Å². The summed E-state index contributed by atoms with van der Waals surface area (Å²) in [7, 11) is 0. The molecule has 0 aliphatic heterocycles. The molecule has 0 aromatic carbocycles. The molecule has 2 rings (SSSR count). The first-order valence-electron chi connectivity index (χ1n) is 6.87. The van der Waals surface area contributed by atoms with Crippen molar-refractivity contribution >= 4 is 0 Å². The maximum absolute atomic E-state index is 4.47. The summed E-state index contributed by atoms with van der Waals surface area (Å²) in [5.41, 5.74) is 2.97. The summed E-state index contributed by atoms with van der Waals surface area (Å²) in [4.78, 5) is 0. The van der Waals surface area contributed by atoms with Gasteiger partial charge in [-0.1, -0.05) is 19.8 Å². The van der Waals surface area contributed by atoms with Gasteiger partial charge in [-0.15, -0.1) is 0 Å².